The fourth-order valence-corrected chi connectivity index (χ4v) is 5.72. The Morgan fingerprint density at radius 3 is 1.22 bits per heavy atom. The largest absolute Gasteiger partial charge is 0.462 e. The summed E-state index contributed by atoms with van der Waals surface area (Å²) in [5.74, 6) is -0.955. The number of unbranched alkanes of at least 4 members (excludes halogenated alkanes) is 19. The zero-order valence-electron chi connectivity index (χ0n) is 35.0. The quantitative estimate of drug-likeness (QED) is 0.0270. The lowest BCUT2D eigenvalue weighted by atomic mass is 10.1. The fraction of sp³-hybridized carbons (Fsp3) is 0.688. The highest BCUT2D eigenvalue weighted by atomic mass is 16.6. The normalized spacial score (nSPS) is 12.7. The predicted octanol–water partition coefficient (Wildman–Crippen LogP) is 13.9. The Hall–Kier alpha value is -3.15. The van der Waals surface area contributed by atoms with Gasteiger partial charge in [0, 0.05) is 19.3 Å². The molecule has 0 aromatic heterocycles. The highest BCUT2D eigenvalue weighted by molar-refractivity contribution is 5.71. The van der Waals surface area contributed by atoms with E-state index in [0.29, 0.717) is 19.3 Å². The molecule has 0 fully saturated rings. The molecule has 0 saturated carbocycles. The van der Waals surface area contributed by atoms with E-state index in [0.717, 1.165) is 96.3 Å². The Labute approximate surface area is 332 Å². The second kappa shape index (κ2) is 42.6. The van der Waals surface area contributed by atoms with Crippen LogP contribution in [0.4, 0.5) is 0 Å². The van der Waals surface area contributed by atoms with Gasteiger partial charge in [0.25, 0.3) is 0 Å². The first-order valence-corrected chi connectivity index (χ1v) is 22.0. The number of hydrogen-bond donors (Lipinski definition) is 0. The summed E-state index contributed by atoms with van der Waals surface area (Å²) in [6.07, 6.45) is 51.7. The van der Waals surface area contributed by atoms with Crippen molar-refractivity contribution in [3.63, 3.8) is 0 Å². The van der Waals surface area contributed by atoms with Crippen molar-refractivity contribution in [2.45, 2.75) is 200 Å². The highest BCUT2D eigenvalue weighted by Gasteiger charge is 2.19. The van der Waals surface area contributed by atoms with Gasteiger partial charge < -0.3 is 14.2 Å². The molecule has 1 unspecified atom stereocenters. The zero-order chi connectivity index (χ0) is 39.4. The van der Waals surface area contributed by atoms with Crippen molar-refractivity contribution in [2.24, 2.45) is 0 Å². The van der Waals surface area contributed by atoms with Crippen LogP contribution in [0.15, 0.2) is 72.9 Å². The first-order valence-electron chi connectivity index (χ1n) is 22.0. The molecule has 0 heterocycles. The van der Waals surface area contributed by atoms with E-state index in [1.807, 2.05) is 24.3 Å². The van der Waals surface area contributed by atoms with Crippen LogP contribution >= 0.6 is 0 Å². The van der Waals surface area contributed by atoms with Crippen LogP contribution in [-0.4, -0.2) is 37.2 Å². The molecule has 0 saturated heterocycles. The van der Waals surface area contributed by atoms with Gasteiger partial charge in [0.2, 0.25) is 0 Å². The number of carbonyl (C=O) groups is 3. The van der Waals surface area contributed by atoms with E-state index in [1.54, 1.807) is 0 Å². The Morgan fingerprint density at radius 2 is 0.741 bits per heavy atom. The van der Waals surface area contributed by atoms with E-state index in [1.165, 1.54) is 57.8 Å². The highest BCUT2D eigenvalue weighted by Crippen LogP contribution is 2.13. The molecule has 0 aromatic carbocycles. The van der Waals surface area contributed by atoms with Gasteiger partial charge >= 0.3 is 17.9 Å². The van der Waals surface area contributed by atoms with Crippen LogP contribution in [0.2, 0.25) is 0 Å². The van der Waals surface area contributed by atoms with E-state index in [-0.39, 0.29) is 31.1 Å². The Morgan fingerprint density at radius 1 is 0.389 bits per heavy atom. The van der Waals surface area contributed by atoms with E-state index < -0.39 is 6.10 Å². The van der Waals surface area contributed by atoms with Gasteiger partial charge in [-0.1, -0.05) is 190 Å². The van der Waals surface area contributed by atoms with Crippen molar-refractivity contribution in [1.29, 1.82) is 0 Å². The van der Waals surface area contributed by atoms with Gasteiger partial charge in [-0.25, -0.2) is 0 Å². The summed E-state index contributed by atoms with van der Waals surface area (Å²) in [5, 5.41) is 0. The maximum atomic E-state index is 12.7. The second-order valence-electron chi connectivity index (χ2n) is 14.3. The lowest BCUT2D eigenvalue weighted by Gasteiger charge is -2.18. The van der Waals surface area contributed by atoms with Gasteiger partial charge in [-0.2, -0.15) is 0 Å². The standard InChI is InChI=1S/C48H80O6/c1-4-7-10-13-16-19-22-23-24-25-27-29-32-35-38-41-47(50)53-44-45(43-52-46(49)40-37-34-31-28-21-18-15-12-9-6-3)54-48(51)42-39-36-33-30-26-20-17-14-11-8-5-2/h7,10,13-14,16-17,19-20,22-24,26,45H,4-6,8-9,11-12,15,18,21,25,27-44H2,1-3H3/b10-7-,16-13-,17-14-,22-19-,24-23-,26-20-. The molecule has 0 spiro atoms. The Balaban J connectivity index is 4.45. The van der Waals surface area contributed by atoms with Gasteiger partial charge in [-0.05, 0) is 57.8 Å². The van der Waals surface area contributed by atoms with Crippen molar-refractivity contribution < 1.29 is 28.6 Å². The first kappa shape index (κ1) is 50.9. The van der Waals surface area contributed by atoms with Crippen molar-refractivity contribution in [3.8, 4) is 0 Å². The van der Waals surface area contributed by atoms with Gasteiger partial charge in [0.15, 0.2) is 6.10 Å². The molecule has 0 bridgehead atoms. The number of allylic oxidation sites excluding steroid dienone is 12. The summed E-state index contributed by atoms with van der Waals surface area (Å²) in [6, 6.07) is 0. The summed E-state index contributed by atoms with van der Waals surface area (Å²) in [7, 11) is 0. The number of hydrogen-bond acceptors (Lipinski definition) is 6. The summed E-state index contributed by atoms with van der Waals surface area (Å²) in [6.45, 7) is 6.36. The minimum atomic E-state index is -0.794. The van der Waals surface area contributed by atoms with E-state index in [9.17, 15) is 14.4 Å². The average molecular weight is 753 g/mol. The first-order chi connectivity index (χ1) is 26.5. The molecule has 0 amide bonds. The van der Waals surface area contributed by atoms with Gasteiger partial charge in [0.05, 0.1) is 0 Å². The maximum Gasteiger partial charge on any atom is 0.306 e. The van der Waals surface area contributed by atoms with E-state index in [4.69, 9.17) is 14.2 Å². The molecule has 0 N–H and O–H groups in total. The monoisotopic (exact) mass is 753 g/mol. The lowest BCUT2D eigenvalue weighted by Crippen LogP contribution is -2.30. The third-order valence-corrected chi connectivity index (χ3v) is 9.07. The summed E-state index contributed by atoms with van der Waals surface area (Å²) < 4.78 is 16.6. The van der Waals surface area contributed by atoms with Crippen molar-refractivity contribution in [3.05, 3.63) is 72.9 Å². The fourth-order valence-electron chi connectivity index (χ4n) is 5.72. The Bertz CT molecular complexity index is 1050. The minimum absolute atomic E-state index is 0.0938. The zero-order valence-corrected chi connectivity index (χ0v) is 35.0. The van der Waals surface area contributed by atoms with Crippen LogP contribution in [0.5, 0.6) is 0 Å². The lowest BCUT2D eigenvalue weighted by molar-refractivity contribution is -0.167. The van der Waals surface area contributed by atoms with Crippen molar-refractivity contribution in [2.75, 3.05) is 13.2 Å². The molecule has 0 aliphatic rings. The van der Waals surface area contributed by atoms with Gasteiger partial charge in [-0.15, -0.1) is 0 Å². The van der Waals surface area contributed by atoms with Crippen LogP contribution in [0, 0.1) is 0 Å². The molecule has 6 heteroatoms. The van der Waals surface area contributed by atoms with Crippen molar-refractivity contribution >= 4 is 17.9 Å². The molecule has 6 nitrogen and oxygen atoms in total. The molecular weight excluding hydrogens is 673 g/mol. The smallest absolute Gasteiger partial charge is 0.306 e. The second-order valence-corrected chi connectivity index (χ2v) is 14.3. The summed E-state index contributed by atoms with van der Waals surface area (Å²) in [5.41, 5.74) is 0. The van der Waals surface area contributed by atoms with E-state index >= 15 is 0 Å². The molecule has 0 rings (SSSR count). The molecule has 1 atom stereocenters. The average Bonchev–Trinajstić information content (AvgIpc) is 3.17. The van der Waals surface area contributed by atoms with Crippen LogP contribution < -0.4 is 0 Å². The topological polar surface area (TPSA) is 78.9 Å². The third kappa shape index (κ3) is 40.0. The van der Waals surface area contributed by atoms with Crippen LogP contribution in [-0.2, 0) is 28.6 Å². The van der Waals surface area contributed by atoms with Crippen molar-refractivity contribution in [1.82, 2.24) is 0 Å². The number of carbonyl (C=O) groups excluding carboxylic acids is 3. The van der Waals surface area contributed by atoms with Crippen LogP contribution in [0.3, 0.4) is 0 Å². The summed E-state index contributed by atoms with van der Waals surface area (Å²) in [4.78, 5) is 37.6. The Kier molecular flexibility index (Phi) is 40.1. The number of rotatable bonds is 38. The maximum absolute atomic E-state index is 12.7. The molecule has 0 aliphatic carbocycles. The number of esters is 3. The van der Waals surface area contributed by atoms with Gasteiger partial charge in [-0.3, -0.25) is 14.4 Å². The molecule has 0 radical (unpaired) electrons. The van der Waals surface area contributed by atoms with E-state index in [2.05, 4.69) is 69.4 Å². The minimum Gasteiger partial charge on any atom is -0.462 e. The summed E-state index contributed by atoms with van der Waals surface area (Å²) >= 11 is 0. The molecule has 308 valence electrons. The molecular formula is C48H80O6. The number of ether oxygens (including phenoxy) is 3. The molecule has 0 aromatic rings. The SMILES string of the molecule is CC\C=C/C=C\C=C/C=C\CCCCCCCC(=O)OCC(COC(=O)CCCCCCCCCCCC)OC(=O)CCCCC/C=C\C=C/CCCC. The van der Waals surface area contributed by atoms with Crippen LogP contribution in [0.1, 0.15) is 194 Å². The predicted molar refractivity (Wildman–Crippen MR) is 228 cm³/mol. The van der Waals surface area contributed by atoms with Crippen LogP contribution in [0.25, 0.3) is 0 Å². The third-order valence-electron chi connectivity index (χ3n) is 9.07. The van der Waals surface area contributed by atoms with Gasteiger partial charge in [0.1, 0.15) is 13.2 Å². The molecule has 54 heavy (non-hydrogen) atoms. The molecule has 0 aliphatic heterocycles.